The standard InChI is InChI=1S/C19H31NO/c1-5-6-7-8-9-13-21-19-17(4)11-10-12-18(19)15-20-14-16(2)3/h5,10-12,16,20H,1,6-9,13-15H2,2-4H3. The molecule has 1 aromatic carbocycles. The molecule has 21 heavy (non-hydrogen) atoms. The van der Waals surface area contributed by atoms with Crippen molar-refractivity contribution in [3.63, 3.8) is 0 Å². The second-order valence-corrected chi connectivity index (χ2v) is 6.07. The van der Waals surface area contributed by atoms with E-state index < -0.39 is 0 Å². The van der Waals surface area contributed by atoms with E-state index in [1.54, 1.807) is 0 Å². The van der Waals surface area contributed by atoms with Crippen LogP contribution >= 0.6 is 0 Å². The maximum atomic E-state index is 6.04. The molecule has 1 aromatic rings. The number of unbranched alkanes of at least 4 members (excludes halogenated alkanes) is 3. The lowest BCUT2D eigenvalue weighted by atomic mass is 10.1. The van der Waals surface area contributed by atoms with E-state index in [2.05, 4.69) is 50.9 Å². The van der Waals surface area contributed by atoms with Crippen LogP contribution < -0.4 is 10.1 Å². The lowest BCUT2D eigenvalue weighted by Crippen LogP contribution is -2.19. The molecular weight excluding hydrogens is 258 g/mol. The third-order valence-corrected chi connectivity index (χ3v) is 3.46. The number of ether oxygens (including phenoxy) is 1. The molecule has 0 aromatic heterocycles. The van der Waals surface area contributed by atoms with Gasteiger partial charge in [-0.3, -0.25) is 0 Å². The zero-order valence-corrected chi connectivity index (χ0v) is 14.0. The highest BCUT2D eigenvalue weighted by atomic mass is 16.5. The molecule has 1 N–H and O–H groups in total. The molecule has 2 nitrogen and oxygen atoms in total. The molecule has 0 amide bonds. The van der Waals surface area contributed by atoms with Crippen molar-refractivity contribution in [2.45, 2.75) is 53.0 Å². The Kier molecular flexibility index (Phi) is 8.84. The van der Waals surface area contributed by atoms with Gasteiger partial charge in [-0.05, 0) is 50.6 Å². The van der Waals surface area contributed by atoms with Crippen molar-refractivity contribution in [2.75, 3.05) is 13.2 Å². The molecule has 118 valence electrons. The quantitative estimate of drug-likeness (QED) is 0.464. The molecule has 0 bridgehead atoms. The molecule has 2 heteroatoms. The molecule has 0 atom stereocenters. The van der Waals surface area contributed by atoms with Crippen molar-refractivity contribution in [2.24, 2.45) is 5.92 Å². The van der Waals surface area contributed by atoms with Crippen LogP contribution in [0.3, 0.4) is 0 Å². The number of aryl methyl sites for hydroxylation is 1. The summed E-state index contributed by atoms with van der Waals surface area (Å²) >= 11 is 0. The maximum absolute atomic E-state index is 6.04. The maximum Gasteiger partial charge on any atom is 0.126 e. The molecule has 0 saturated heterocycles. The van der Waals surface area contributed by atoms with Gasteiger partial charge in [0.2, 0.25) is 0 Å². The van der Waals surface area contributed by atoms with Gasteiger partial charge in [-0.25, -0.2) is 0 Å². The van der Waals surface area contributed by atoms with E-state index in [1.165, 1.54) is 24.0 Å². The Morgan fingerprint density at radius 1 is 1.24 bits per heavy atom. The minimum atomic E-state index is 0.670. The molecular formula is C19H31NO. The summed E-state index contributed by atoms with van der Waals surface area (Å²) in [6.45, 7) is 13.1. The fraction of sp³-hybridized carbons (Fsp3) is 0.579. The lowest BCUT2D eigenvalue weighted by Gasteiger charge is -2.15. The largest absolute Gasteiger partial charge is 0.493 e. The van der Waals surface area contributed by atoms with Gasteiger partial charge in [0.1, 0.15) is 5.75 Å². The second-order valence-electron chi connectivity index (χ2n) is 6.07. The predicted molar refractivity (Wildman–Crippen MR) is 91.9 cm³/mol. The SMILES string of the molecule is C=CCCCCCOc1c(C)cccc1CNCC(C)C. The van der Waals surface area contributed by atoms with Gasteiger partial charge < -0.3 is 10.1 Å². The first-order valence-electron chi connectivity index (χ1n) is 8.18. The van der Waals surface area contributed by atoms with Gasteiger partial charge in [0, 0.05) is 12.1 Å². The summed E-state index contributed by atoms with van der Waals surface area (Å²) in [5, 5.41) is 3.50. The van der Waals surface area contributed by atoms with Gasteiger partial charge in [-0.15, -0.1) is 6.58 Å². The van der Waals surface area contributed by atoms with Crippen LogP contribution in [0.1, 0.15) is 50.7 Å². The zero-order valence-electron chi connectivity index (χ0n) is 14.0. The normalized spacial score (nSPS) is 10.9. The van der Waals surface area contributed by atoms with Crippen molar-refractivity contribution in [3.05, 3.63) is 42.0 Å². The predicted octanol–water partition coefficient (Wildman–Crippen LogP) is 4.87. The molecule has 0 aliphatic carbocycles. The summed E-state index contributed by atoms with van der Waals surface area (Å²) in [5.41, 5.74) is 2.49. The van der Waals surface area contributed by atoms with Gasteiger partial charge >= 0.3 is 0 Å². The molecule has 0 radical (unpaired) electrons. The number of hydrogen-bond acceptors (Lipinski definition) is 2. The molecule has 0 unspecified atom stereocenters. The molecule has 0 heterocycles. The Hall–Kier alpha value is -1.28. The van der Waals surface area contributed by atoms with Gasteiger partial charge in [-0.2, -0.15) is 0 Å². The van der Waals surface area contributed by atoms with E-state index >= 15 is 0 Å². The van der Waals surface area contributed by atoms with Crippen LogP contribution in [-0.2, 0) is 6.54 Å². The topological polar surface area (TPSA) is 21.3 Å². The molecule has 0 fully saturated rings. The molecule has 0 saturated carbocycles. The Bertz CT molecular complexity index is 412. The summed E-state index contributed by atoms with van der Waals surface area (Å²) in [5.74, 6) is 1.74. The number of benzene rings is 1. The highest BCUT2D eigenvalue weighted by molar-refractivity contribution is 5.40. The summed E-state index contributed by atoms with van der Waals surface area (Å²) in [6, 6.07) is 6.39. The van der Waals surface area contributed by atoms with Crippen LogP contribution in [0.2, 0.25) is 0 Å². The van der Waals surface area contributed by atoms with Crippen LogP contribution in [0.4, 0.5) is 0 Å². The monoisotopic (exact) mass is 289 g/mol. The van der Waals surface area contributed by atoms with Crippen LogP contribution in [0.25, 0.3) is 0 Å². The first-order chi connectivity index (χ1) is 10.1. The first kappa shape index (κ1) is 17.8. The fourth-order valence-electron chi connectivity index (χ4n) is 2.30. The van der Waals surface area contributed by atoms with Crippen molar-refractivity contribution >= 4 is 0 Å². The summed E-state index contributed by atoms with van der Waals surface area (Å²) in [7, 11) is 0. The Labute approximate surface area is 130 Å². The first-order valence-corrected chi connectivity index (χ1v) is 8.18. The second kappa shape index (κ2) is 10.4. The Morgan fingerprint density at radius 3 is 2.76 bits per heavy atom. The third kappa shape index (κ3) is 7.33. The number of hydrogen-bond donors (Lipinski definition) is 1. The van der Waals surface area contributed by atoms with E-state index in [4.69, 9.17) is 4.74 Å². The summed E-state index contributed by atoms with van der Waals surface area (Å²) < 4.78 is 6.04. The van der Waals surface area contributed by atoms with Gasteiger partial charge in [0.25, 0.3) is 0 Å². The van der Waals surface area contributed by atoms with Crippen molar-refractivity contribution in [1.29, 1.82) is 0 Å². The average molecular weight is 289 g/mol. The Balaban J connectivity index is 2.45. The summed E-state index contributed by atoms with van der Waals surface area (Å²) in [4.78, 5) is 0. The number of nitrogens with one attached hydrogen (secondary N) is 1. The highest BCUT2D eigenvalue weighted by Gasteiger charge is 2.07. The van der Waals surface area contributed by atoms with Crippen LogP contribution in [0.5, 0.6) is 5.75 Å². The number of para-hydroxylation sites is 1. The molecule has 0 spiro atoms. The highest BCUT2D eigenvalue weighted by Crippen LogP contribution is 2.23. The van der Waals surface area contributed by atoms with E-state index in [0.717, 1.165) is 38.3 Å². The zero-order chi connectivity index (χ0) is 15.5. The van der Waals surface area contributed by atoms with Gasteiger partial charge in [0.15, 0.2) is 0 Å². The molecule has 0 aliphatic rings. The fourth-order valence-corrected chi connectivity index (χ4v) is 2.30. The van der Waals surface area contributed by atoms with Crippen molar-refractivity contribution in [3.8, 4) is 5.75 Å². The minimum Gasteiger partial charge on any atom is -0.493 e. The van der Waals surface area contributed by atoms with E-state index in [-0.39, 0.29) is 0 Å². The van der Waals surface area contributed by atoms with E-state index in [1.807, 2.05) is 6.08 Å². The van der Waals surface area contributed by atoms with Crippen molar-refractivity contribution < 1.29 is 4.74 Å². The lowest BCUT2D eigenvalue weighted by molar-refractivity contribution is 0.299. The molecule has 0 aliphatic heterocycles. The number of allylic oxidation sites excluding steroid dienone is 1. The van der Waals surface area contributed by atoms with Crippen LogP contribution in [-0.4, -0.2) is 13.2 Å². The average Bonchev–Trinajstić information content (AvgIpc) is 2.44. The number of rotatable bonds is 11. The Morgan fingerprint density at radius 2 is 2.05 bits per heavy atom. The molecule has 1 rings (SSSR count). The van der Waals surface area contributed by atoms with Crippen LogP contribution in [0, 0.1) is 12.8 Å². The van der Waals surface area contributed by atoms with Crippen molar-refractivity contribution in [1.82, 2.24) is 5.32 Å². The van der Waals surface area contributed by atoms with Gasteiger partial charge in [-0.1, -0.05) is 38.1 Å². The van der Waals surface area contributed by atoms with Gasteiger partial charge in [0.05, 0.1) is 6.61 Å². The van der Waals surface area contributed by atoms with E-state index in [9.17, 15) is 0 Å². The summed E-state index contributed by atoms with van der Waals surface area (Å²) in [6.07, 6.45) is 6.62. The third-order valence-electron chi connectivity index (χ3n) is 3.46. The van der Waals surface area contributed by atoms with E-state index in [0.29, 0.717) is 5.92 Å². The minimum absolute atomic E-state index is 0.670. The van der Waals surface area contributed by atoms with Crippen LogP contribution in [0.15, 0.2) is 30.9 Å². The smallest absolute Gasteiger partial charge is 0.126 e.